The molecule has 0 bridgehead atoms. The summed E-state index contributed by atoms with van der Waals surface area (Å²) >= 11 is 1.34. The summed E-state index contributed by atoms with van der Waals surface area (Å²) in [4.78, 5) is 212. The number of nitrogens with two attached hydrogens (primary N) is 6. The van der Waals surface area contributed by atoms with Crippen LogP contribution in [0.2, 0.25) is 0 Å². The van der Waals surface area contributed by atoms with Gasteiger partial charge in [0.25, 0.3) is 0 Å². The maximum absolute atomic E-state index is 14.7. The predicted octanol–water partition coefficient (Wildman–Crippen LogP) is -1.19. The van der Waals surface area contributed by atoms with Gasteiger partial charge in [-0.25, -0.2) is 0 Å². The molecule has 0 unspecified atom stereocenters. The van der Waals surface area contributed by atoms with Crippen LogP contribution in [0.15, 0.2) is 54.7 Å². The van der Waals surface area contributed by atoms with E-state index in [-0.39, 0.29) is 88.8 Å². The zero-order chi connectivity index (χ0) is 87.6. The van der Waals surface area contributed by atoms with Crippen molar-refractivity contribution in [2.45, 2.75) is 257 Å². The van der Waals surface area contributed by atoms with Gasteiger partial charge in [-0.05, 0) is 176 Å². The Morgan fingerprint density at radius 2 is 0.872 bits per heavy atom. The molecule has 0 spiro atoms. The summed E-state index contributed by atoms with van der Waals surface area (Å²) < 4.78 is 0. The van der Waals surface area contributed by atoms with Crippen LogP contribution in [0, 0.1) is 35.0 Å². The number of thioether (sulfide) groups is 1. The molecule has 15 atom stereocenters. The topological polar surface area (TPSA) is 608 Å². The molecule has 15 amide bonds. The highest BCUT2D eigenvalue weighted by molar-refractivity contribution is 7.98. The summed E-state index contributed by atoms with van der Waals surface area (Å²) in [7, 11) is 0. The van der Waals surface area contributed by atoms with E-state index in [2.05, 4.69) is 74.1 Å². The van der Waals surface area contributed by atoms with Crippen molar-refractivity contribution >= 4 is 111 Å². The number of nitrogens with one attached hydrogen (secondary N) is 14. The molecule has 0 saturated heterocycles. The molecule has 2 aromatic carbocycles. The van der Waals surface area contributed by atoms with Gasteiger partial charge in [-0.3, -0.25) is 71.9 Å². The first kappa shape index (κ1) is 101. The minimum atomic E-state index is -1.55. The van der Waals surface area contributed by atoms with Crippen molar-refractivity contribution in [2.24, 2.45) is 58.1 Å². The number of aromatic nitrogens is 1. The lowest BCUT2D eigenvalue weighted by molar-refractivity contribution is -0.136. The molecule has 0 radical (unpaired) electrons. The number of para-hydroxylation sites is 1. The van der Waals surface area contributed by atoms with Crippen LogP contribution in [0.25, 0.3) is 10.9 Å². The van der Waals surface area contributed by atoms with Crippen molar-refractivity contribution in [2.75, 3.05) is 38.2 Å². The Morgan fingerprint density at radius 3 is 1.37 bits per heavy atom. The Kier molecular flexibility index (Phi) is 45.8. The molecule has 26 N–H and O–H groups in total. The molecule has 117 heavy (non-hydrogen) atoms. The molecular formula is C80H129N21O15S. The Balaban J connectivity index is 1.87. The van der Waals surface area contributed by atoms with Crippen LogP contribution in [0.1, 0.15) is 182 Å². The third-order valence-corrected chi connectivity index (χ3v) is 20.6. The Morgan fingerprint density at radius 1 is 0.453 bits per heavy atom. The summed E-state index contributed by atoms with van der Waals surface area (Å²) in [6, 6.07) is -1.63. The van der Waals surface area contributed by atoms with E-state index >= 15 is 0 Å². The molecule has 1 heterocycles. The highest BCUT2D eigenvalue weighted by Gasteiger charge is 2.38. The van der Waals surface area contributed by atoms with Gasteiger partial charge < -0.3 is 109 Å². The number of rotatable bonds is 56. The van der Waals surface area contributed by atoms with Crippen LogP contribution in [-0.2, 0) is 84.8 Å². The fraction of sp³-hybridized carbons (Fsp3) is 0.625. The highest BCUT2D eigenvalue weighted by Crippen LogP contribution is 2.21. The van der Waals surface area contributed by atoms with Crippen molar-refractivity contribution in [3.05, 3.63) is 71.4 Å². The van der Waals surface area contributed by atoms with Gasteiger partial charge in [0, 0.05) is 29.9 Å². The Bertz CT molecular complexity index is 3820. The number of hydrogen-bond acceptors (Lipinski definition) is 21. The zero-order valence-corrected chi connectivity index (χ0v) is 70.3. The standard InChI is InChI=1S/C80H129N21O15S/c1-12-46(7)66(86)79(115)100-63(40-64(85)102)78(114)99-62(39-52-42-88-54-23-15-14-22-53(52)54)77(113)93-55(24-16-19-32-81)71(107)89-43-65(103)101-67(47(8)13-2)80(116)91-49(10)70(106)97-61(38-50-27-29-51(41-84)30-28-50)76(112)95-58(31-35-117-11)72(108)90-48(9)69(105)92-56(25-17-20-33-82)73(109)94-57(26-18-21-34-83)74(110)98-60(37-45(5)6)75(111)96-59(68(87)104)36-44(3)4/h14-15,22-23,27-30,42,44-49,55-63,66-67,88H,12-13,16-21,24-26,31-40,43,81-83,86H2,1-11H3,(H2,85,102)(H2,87,104)(H,89,107)(H,90,108)(H,91,116)(H,92,105)(H,93,113)(H,94,109)(H,95,112)(H,96,111)(H,97,106)(H,98,110)(H,99,114)(H,100,115)(H,101,103)/t46-,47-,48-,49-,55-,56-,57-,58-,59-,60-,61-,62-,63-,66-,67-/m0/s1. The quantitative estimate of drug-likeness (QED) is 0.0296. The summed E-state index contributed by atoms with van der Waals surface area (Å²) in [6.07, 6.45) is 6.18. The Hall–Kier alpha value is -10.3. The van der Waals surface area contributed by atoms with Gasteiger partial charge in [-0.15, -0.1) is 0 Å². The lowest BCUT2D eigenvalue weighted by Gasteiger charge is -2.28. The number of unbranched alkanes of at least 4 members (excludes halogenated alkanes) is 3. The van der Waals surface area contributed by atoms with Crippen LogP contribution in [-0.4, -0.2) is 210 Å². The van der Waals surface area contributed by atoms with E-state index in [1.165, 1.54) is 37.7 Å². The number of aromatic amines is 1. The summed E-state index contributed by atoms with van der Waals surface area (Å²) in [5.41, 5.74) is 36.8. The zero-order valence-electron chi connectivity index (χ0n) is 69.5. The van der Waals surface area contributed by atoms with Gasteiger partial charge in [-0.2, -0.15) is 17.0 Å². The number of amides is 15. The highest BCUT2D eigenvalue weighted by atomic mass is 32.2. The summed E-state index contributed by atoms with van der Waals surface area (Å²) in [6.45, 7) is 17.1. The first-order chi connectivity index (χ1) is 55.4. The van der Waals surface area contributed by atoms with E-state index in [4.69, 9.17) is 34.4 Å². The molecule has 1 aromatic heterocycles. The second-order valence-electron chi connectivity index (χ2n) is 30.6. The Labute approximate surface area is 690 Å². The first-order valence-electron chi connectivity index (χ1n) is 40.3. The fourth-order valence-corrected chi connectivity index (χ4v) is 13.0. The SMILES string of the molecule is CC[C@H](C)[C@H](N)C(=O)N[C@@H](CC(N)=O)C(=O)N[C@@H](Cc1c[nH]c2ccccc12)C(=O)N[C@@H](CCCCN)C(=O)NCC(=O)N[C@H](C(=O)N[C@@H](C)C(=O)N[C@@H](Cc1ccc(C#N)cc1)C(=O)N[C@@H](CCSC)C(=O)N[C@@H](C)C(=O)N[C@@H](CCCCN)C(=O)N[C@@H](CCCCN)C(=O)N[C@@H](CC(C)C)C(=O)N[C@@H](CC(C)C)C(N)=O)[C@@H](C)CC. The third kappa shape index (κ3) is 36.0. The van der Waals surface area contributed by atoms with Crippen molar-refractivity contribution in [1.82, 2.24) is 74.1 Å². The fourth-order valence-electron chi connectivity index (χ4n) is 12.5. The number of primary amides is 2. The molecular weight excluding hydrogens is 1530 g/mol. The van der Waals surface area contributed by atoms with Crippen molar-refractivity contribution in [3.8, 4) is 6.07 Å². The normalized spacial score (nSPS) is 15.1. The van der Waals surface area contributed by atoms with E-state index < -0.39 is 186 Å². The van der Waals surface area contributed by atoms with E-state index in [1.807, 2.05) is 40.7 Å². The number of fused-ring (bicyclic) bond motifs is 1. The number of carbonyl (C=O) groups excluding carboxylic acids is 15. The van der Waals surface area contributed by atoms with Crippen LogP contribution in [0.4, 0.5) is 0 Å². The average Bonchev–Trinajstić information content (AvgIpc) is 1.69. The van der Waals surface area contributed by atoms with Crippen LogP contribution in [0.5, 0.6) is 0 Å². The lowest BCUT2D eigenvalue weighted by Crippen LogP contribution is -2.60. The van der Waals surface area contributed by atoms with Gasteiger partial charge in [0.1, 0.15) is 72.5 Å². The minimum Gasteiger partial charge on any atom is -0.370 e. The van der Waals surface area contributed by atoms with Crippen LogP contribution in [0.3, 0.4) is 0 Å². The molecule has 36 nitrogen and oxygen atoms in total. The molecule has 0 saturated carbocycles. The van der Waals surface area contributed by atoms with E-state index in [0.29, 0.717) is 84.7 Å². The number of carbonyl (C=O) groups is 15. The number of nitriles is 1. The van der Waals surface area contributed by atoms with E-state index in [1.54, 1.807) is 69.6 Å². The largest absolute Gasteiger partial charge is 0.370 e. The summed E-state index contributed by atoms with van der Waals surface area (Å²) in [5.74, 6) is -13.0. The first-order valence-corrected chi connectivity index (χ1v) is 41.7. The monoisotopic (exact) mass is 1660 g/mol. The van der Waals surface area contributed by atoms with Crippen LogP contribution < -0.4 is 104 Å². The average molecular weight is 1660 g/mol. The molecule has 0 aliphatic heterocycles. The molecule has 650 valence electrons. The molecule has 0 fully saturated rings. The van der Waals surface area contributed by atoms with E-state index in [9.17, 15) is 77.2 Å². The van der Waals surface area contributed by atoms with Crippen molar-refractivity contribution in [1.29, 1.82) is 5.26 Å². The number of benzene rings is 2. The number of H-pyrrole nitrogens is 1. The van der Waals surface area contributed by atoms with Gasteiger partial charge in [0.15, 0.2) is 0 Å². The molecule has 37 heteroatoms. The second-order valence-corrected chi connectivity index (χ2v) is 31.6. The van der Waals surface area contributed by atoms with Crippen molar-refractivity contribution < 1.29 is 71.9 Å². The molecule has 3 rings (SSSR count). The lowest BCUT2D eigenvalue weighted by atomic mass is 9.98. The maximum Gasteiger partial charge on any atom is 0.243 e. The summed E-state index contributed by atoms with van der Waals surface area (Å²) in [5, 5.41) is 44.7. The third-order valence-electron chi connectivity index (χ3n) is 19.9. The van der Waals surface area contributed by atoms with Crippen molar-refractivity contribution in [3.63, 3.8) is 0 Å². The minimum absolute atomic E-state index is 0.00123. The molecule has 0 aliphatic carbocycles. The number of nitrogens with zero attached hydrogens (tertiary/aromatic N) is 1. The number of hydrogen-bond donors (Lipinski definition) is 20. The molecule has 3 aromatic rings. The van der Waals surface area contributed by atoms with Gasteiger partial charge in [-0.1, -0.05) is 98.6 Å². The van der Waals surface area contributed by atoms with Gasteiger partial charge in [0.2, 0.25) is 88.6 Å². The predicted molar refractivity (Wildman–Crippen MR) is 445 cm³/mol. The van der Waals surface area contributed by atoms with Crippen LogP contribution >= 0.6 is 11.8 Å². The smallest absolute Gasteiger partial charge is 0.243 e. The second kappa shape index (κ2) is 53.1. The maximum atomic E-state index is 14.7. The van der Waals surface area contributed by atoms with Gasteiger partial charge >= 0.3 is 0 Å². The van der Waals surface area contributed by atoms with E-state index in [0.717, 1.165) is 0 Å². The van der Waals surface area contributed by atoms with Gasteiger partial charge in [0.05, 0.1) is 30.6 Å². The molecule has 0 aliphatic rings.